The topological polar surface area (TPSA) is 51.8 Å². The fourth-order valence-corrected chi connectivity index (χ4v) is 2.68. The molecule has 0 aliphatic rings. The van der Waals surface area contributed by atoms with Crippen LogP contribution < -0.4 is 5.73 Å². The Hall–Kier alpha value is -2.21. The van der Waals surface area contributed by atoms with Crippen LogP contribution in [0.5, 0.6) is 0 Å². The molecule has 1 heterocycles. The second kappa shape index (κ2) is 5.05. The molecule has 0 saturated heterocycles. The van der Waals surface area contributed by atoms with E-state index in [2.05, 4.69) is 9.97 Å². The number of hydrogen-bond donors (Lipinski definition) is 1. The van der Waals surface area contributed by atoms with Gasteiger partial charge in [0.25, 0.3) is 0 Å². The number of nitrogens with zero attached hydrogens (tertiary/aromatic N) is 2. The summed E-state index contributed by atoms with van der Waals surface area (Å²) < 4.78 is 26.1. The molecule has 3 nitrogen and oxygen atoms in total. The third-order valence-corrected chi connectivity index (χ3v) is 3.74. The zero-order chi connectivity index (χ0) is 14.1. The highest BCUT2D eigenvalue weighted by Gasteiger charge is 2.08. The van der Waals surface area contributed by atoms with Crippen LogP contribution in [0.2, 0.25) is 0 Å². The third kappa shape index (κ3) is 2.42. The van der Waals surface area contributed by atoms with Gasteiger partial charge in [0.15, 0.2) is 11.6 Å². The molecule has 1 aromatic heterocycles. The molecule has 0 saturated carbocycles. The van der Waals surface area contributed by atoms with Gasteiger partial charge in [-0.05, 0) is 36.4 Å². The summed E-state index contributed by atoms with van der Waals surface area (Å²) in [5.74, 6) is -1.75. The molecule has 0 aliphatic heterocycles. The molecule has 3 rings (SSSR count). The molecule has 3 aromatic rings. The maximum absolute atomic E-state index is 13.2. The van der Waals surface area contributed by atoms with Gasteiger partial charge >= 0.3 is 0 Å². The van der Waals surface area contributed by atoms with E-state index in [4.69, 9.17) is 5.73 Å². The van der Waals surface area contributed by atoms with Gasteiger partial charge in [0, 0.05) is 16.0 Å². The summed E-state index contributed by atoms with van der Waals surface area (Å²) in [5.41, 5.74) is 7.10. The van der Waals surface area contributed by atoms with Gasteiger partial charge in [-0.1, -0.05) is 11.8 Å². The Morgan fingerprint density at radius 3 is 2.60 bits per heavy atom. The largest absolute Gasteiger partial charge is 0.399 e. The minimum Gasteiger partial charge on any atom is -0.399 e. The van der Waals surface area contributed by atoms with Crippen LogP contribution in [0.3, 0.4) is 0 Å². The van der Waals surface area contributed by atoms with Crippen molar-refractivity contribution in [3.05, 3.63) is 54.4 Å². The second-order valence-corrected chi connectivity index (χ2v) is 5.20. The number of benzene rings is 2. The molecule has 20 heavy (non-hydrogen) atoms. The van der Waals surface area contributed by atoms with E-state index in [0.717, 1.165) is 23.0 Å². The van der Waals surface area contributed by atoms with Crippen molar-refractivity contribution in [2.45, 2.75) is 9.92 Å². The molecule has 100 valence electrons. The van der Waals surface area contributed by atoms with Crippen molar-refractivity contribution < 1.29 is 8.78 Å². The molecule has 6 heteroatoms. The van der Waals surface area contributed by atoms with Crippen LogP contribution >= 0.6 is 11.8 Å². The fraction of sp³-hybridized carbons (Fsp3) is 0. The number of nitrogen functional groups attached to an aromatic ring is 1. The lowest BCUT2D eigenvalue weighted by Crippen LogP contribution is -1.90. The molecule has 0 spiro atoms. The Bertz CT molecular complexity index is 792. The van der Waals surface area contributed by atoms with Gasteiger partial charge in [0.2, 0.25) is 0 Å². The smallest absolute Gasteiger partial charge is 0.159 e. The van der Waals surface area contributed by atoms with Crippen molar-refractivity contribution in [1.29, 1.82) is 0 Å². The first-order valence-corrected chi connectivity index (χ1v) is 6.58. The van der Waals surface area contributed by atoms with Crippen molar-refractivity contribution >= 4 is 28.4 Å². The maximum Gasteiger partial charge on any atom is 0.159 e. The predicted molar refractivity (Wildman–Crippen MR) is 74.4 cm³/mol. The van der Waals surface area contributed by atoms with Crippen LogP contribution in [0.1, 0.15) is 0 Å². The first-order chi connectivity index (χ1) is 9.63. The molecule has 0 radical (unpaired) electrons. The Kier molecular flexibility index (Phi) is 3.23. The van der Waals surface area contributed by atoms with E-state index in [-0.39, 0.29) is 0 Å². The molecule has 2 N–H and O–H groups in total. The zero-order valence-corrected chi connectivity index (χ0v) is 11.0. The molecule has 2 aromatic carbocycles. The number of hydrogen-bond acceptors (Lipinski definition) is 4. The summed E-state index contributed by atoms with van der Waals surface area (Å²) in [7, 11) is 0. The first kappa shape index (κ1) is 12.8. The number of anilines is 1. The van der Waals surface area contributed by atoms with E-state index >= 15 is 0 Å². The highest BCUT2D eigenvalue weighted by molar-refractivity contribution is 7.99. The van der Waals surface area contributed by atoms with Crippen LogP contribution in [-0.2, 0) is 0 Å². The van der Waals surface area contributed by atoms with Crippen LogP contribution in [0, 0.1) is 11.6 Å². The normalized spacial score (nSPS) is 10.9. The van der Waals surface area contributed by atoms with E-state index in [1.807, 2.05) is 0 Å². The maximum atomic E-state index is 13.2. The van der Waals surface area contributed by atoms with Crippen molar-refractivity contribution in [1.82, 2.24) is 9.97 Å². The summed E-state index contributed by atoms with van der Waals surface area (Å²) in [5, 5.41) is 1.43. The van der Waals surface area contributed by atoms with Gasteiger partial charge in [0.05, 0.1) is 5.52 Å². The van der Waals surface area contributed by atoms with Crippen molar-refractivity contribution in [3.8, 4) is 0 Å². The van der Waals surface area contributed by atoms with Crippen molar-refractivity contribution in [3.63, 3.8) is 0 Å². The summed E-state index contributed by atoms with van der Waals surface area (Å²) in [6.07, 6.45) is 1.43. The van der Waals surface area contributed by atoms with E-state index in [1.54, 1.807) is 18.2 Å². The lowest BCUT2D eigenvalue weighted by atomic mass is 10.2. The van der Waals surface area contributed by atoms with Crippen LogP contribution in [0.25, 0.3) is 10.9 Å². The minimum absolute atomic E-state index is 0.561. The Balaban J connectivity index is 2.05. The number of fused-ring (bicyclic) bond motifs is 1. The minimum atomic E-state index is -0.882. The fourth-order valence-electron chi connectivity index (χ4n) is 1.78. The first-order valence-electron chi connectivity index (χ1n) is 5.76. The van der Waals surface area contributed by atoms with Gasteiger partial charge in [-0.2, -0.15) is 0 Å². The molecule has 0 fully saturated rings. The summed E-state index contributed by atoms with van der Waals surface area (Å²) in [6, 6.07) is 9.04. The van der Waals surface area contributed by atoms with E-state index in [0.29, 0.717) is 15.6 Å². The Morgan fingerprint density at radius 1 is 0.950 bits per heavy atom. The quantitative estimate of drug-likeness (QED) is 0.578. The molecular weight excluding hydrogens is 280 g/mol. The summed E-state index contributed by atoms with van der Waals surface area (Å²) in [4.78, 5) is 8.88. The van der Waals surface area contributed by atoms with Crippen LogP contribution in [-0.4, -0.2) is 9.97 Å². The number of nitrogens with two attached hydrogens (primary N) is 1. The molecular formula is C14H9F2N3S. The van der Waals surface area contributed by atoms with Gasteiger partial charge in [-0.3, -0.25) is 0 Å². The molecule has 0 bridgehead atoms. The van der Waals surface area contributed by atoms with Crippen LogP contribution in [0.15, 0.2) is 52.6 Å². The average molecular weight is 289 g/mol. The van der Waals surface area contributed by atoms with E-state index in [9.17, 15) is 8.78 Å². The lowest BCUT2D eigenvalue weighted by Gasteiger charge is -2.05. The van der Waals surface area contributed by atoms with E-state index in [1.165, 1.54) is 24.2 Å². The summed E-state index contributed by atoms with van der Waals surface area (Å²) >= 11 is 1.24. The van der Waals surface area contributed by atoms with Crippen LogP contribution in [0.4, 0.5) is 14.5 Å². The molecule has 0 unspecified atom stereocenters. The zero-order valence-electron chi connectivity index (χ0n) is 10.2. The Morgan fingerprint density at radius 2 is 1.80 bits per heavy atom. The van der Waals surface area contributed by atoms with Gasteiger partial charge in [-0.15, -0.1) is 0 Å². The number of rotatable bonds is 2. The standard InChI is InChI=1S/C14H9F2N3S/c15-11-3-2-9(6-12(11)16)20-14-10-5-8(17)1-4-13(10)18-7-19-14/h1-7H,17H2. The monoisotopic (exact) mass is 289 g/mol. The highest BCUT2D eigenvalue weighted by atomic mass is 32.2. The highest BCUT2D eigenvalue weighted by Crippen LogP contribution is 2.32. The van der Waals surface area contributed by atoms with E-state index < -0.39 is 11.6 Å². The molecule has 0 atom stereocenters. The van der Waals surface area contributed by atoms with Gasteiger partial charge in [-0.25, -0.2) is 18.7 Å². The second-order valence-electron chi connectivity index (χ2n) is 4.13. The average Bonchev–Trinajstić information content (AvgIpc) is 2.44. The predicted octanol–water partition coefficient (Wildman–Crippen LogP) is 3.64. The lowest BCUT2D eigenvalue weighted by molar-refractivity contribution is 0.506. The van der Waals surface area contributed by atoms with Gasteiger partial charge in [0.1, 0.15) is 11.4 Å². The number of aromatic nitrogens is 2. The van der Waals surface area contributed by atoms with Crippen molar-refractivity contribution in [2.24, 2.45) is 0 Å². The molecule has 0 amide bonds. The van der Waals surface area contributed by atoms with Gasteiger partial charge < -0.3 is 5.73 Å². The third-order valence-electron chi connectivity index (χ3n) is 2.73. The Labute approximate surface area is 117 Å². The summed E-state index contributed by atoms with van der Waals surface area (Å²) in [6.45, 7) is 0. The molecule has 0 aliphatic carbocycles. The SMILES string of the molecule is Nc1ccc2ncnc(Sc3ccc(F)c(F)c3)c2c1. The van der Waals surface area contributed by atoms with Crippen molar-refractivity contribution in [2.75, 3.05) is 5.73 Å². The number of halogens is 2.